The van der Waals surface area contributed by atoms with E-state index in [2.05, 4.69) is 10.0 Å². The summed E-state index contributed by atoms with van der Waals surface area (Å²) in [6.45, 7) is 1.54. The maximum Gasteiger partial charge on any atom is 0.339 e. The molecule has 0 radical (unpaired) electrons. The second-order valence-electron chi connectivity index (χ2n) is 7.11. The highest BCUT2D eigenvalue weighted by molar-refractivity contribution is 7.89. The van der Waals surface area contributed by atoms with Crippen LogP contribution in [0.3, 0.4) is 0 Å². The Morgan fingerprint density at radius 2 is 1.64 bits per heavy atom. The number of ether oxygens (including phenoxy) is 2. The summed E-state index contributed by atoms with van der Waals surface area (Å²) in [6, 6.07) is 20.1. The molecule has 0 aliphatic rings. The standard InChI is InChI=1S/C24H24N2O6S/c1-17-14-19(33(29,30)25-15-18-8-4-3-5-9-18)12-13-22(17)32-16-23(27)26-21-11-7-6-10-20(21)24(28)31-2/h3-14,25H,15-16H2,1-2H3,(H,26,27). The van der Waals surface area contributed by atoms with Gasteiger partial charge in [0, 0.05) is 6.54 Å². The van der Waals surface area contributed by atoms with Crippen LogP contribution >= 0.6 is 0 Å². The van der Waals surface area contributed by atoms with Crippen molar-refractivity contribution in [2.75, 3.05) is 19.0 Å². The zero-order valence-electron chi connectivity index (χ0n) is 18.2. The highest BCUT2D eigenvalue weighted by Crippen LogP contribution is 2.22. The molecule has 172 valence electrons. The number of hydrogen-bond acceptors (Lipinski definition) is 6. The fraction of sp³-hybridized carbons (Fsp3) is 0.167. The summed E-state index contributed by atoms with van der Waals surface area (Å²) < 4.78 is 38.0. The molecule has 0 bridgehead atoms. The Bertz CT molecular complexity index is 1240. The predicted octanol–water partition coefficient (Wildman–Crippen LogP) is 3.28. The van der Waals surface area contributed by atoms with Crippen LogP contribution in [-0.2, 0) is 26.1 Å². The van der Waals surface area contributed by atoms with Gasteiger partial charge in [0.2, 0.25) is 10.0 Å². The third-order valence-corrected chi connectivity index (χ3v) is 6.13. The van der Waals surface area contributed by atoms with Crippen LogP contribution in [0.4, 0.5) is 5.69 Å². The number of aryl methyl sites for hydroxylation is 1. The van der Waals surface area contributed by atoms with Crippen molar-refractivity contribution in [1.29, 1.82) is 0 Å². The highest BCUT2D eigenvalue weighted by Gasteiger charge is 2.17. The van der Waals surface area contributed by atoms with E-state index in [1.54, 1.807) is 25.1 Å². The van der Waals surface area contributed by atoms with Crippen LogP contribution in [0.2, 0.25) is 0 Å². The largest absolute Gasteiger partial charge is 0.483 e. The molecule has 0 saturated heterocycles. The average molecular weight is 469 g/mol. The van der Waals surface area contributed by atoms with E-state index in [0.717, 1.165) is 5.56 Å². The first kappa shape index (κ1) is 24.0. The summed E-state index contributed by atoms with van der Waals surface area (Å²) in [6.07, 6.45) is 0. The van der Waals surface area contributed by atoms with E-state index < -0.39 is 21.9 Å². The number of carbonyl (C=O) groups is 2. The highest BCUT2D eigenvalue weighted by atomic mass is 32.2. The van der Waals surface area contributed by atoms with Crippen LogP contribution < -0.4 is 14.8 Å². The number of esters is 1. The van der Waals surface area contributed by atoms with Gasteiger partial charge in [0.25, 0.3) is 5.91 Å². The quantitative estimate of drug-likeness (QED) is 0.467. The molecule has 3 rings (SSSR count). The number of hydrogen-bond donors (Lipinski definition) is 2. The van der Waals surface area contributed by atoms with Crippen LogP contribution in [0.25, 0.3) is 0 Å². The lowest BCUT2D eigenvalue weighted by molar-refractivity contribution is -0.118. The average Bonchev–Trinajstić information content (AvgIpc) is 2.82. The van der Waals surface area contributed by atoms with Gasteiger partial charge in [0.15, 0.2) is 6.61 Å². The molecule has 33 heavy (non-hydrogen) atoms. The molecule has 0 fully saturated rings. The number of methoxy groups -OCH3 is 1. The molecule has 0 unspecified atom stereocenters. The minimum atomic E-state index is -3.71. The summed E-state index contributed by atoms with van der Waals surface area (Å²) in [7, 11) is -2.46. The summed E-state index contributed by atoms with van der Waals surface area (Å²) in [5.41, 5.74) is 1.93. The first-order valence-electron chi connectivity index (χ1n) is 10.0. The van der Waals surface area contributed by atoms with Crippen LogP contribution in [0.15, 0.2) is 77.7 Å². The zero-order valence-corrected chi connectivity index (χ0v) is 19.0. The third-order valence-electron chi connectivity index (χ3n) is 4.73. The van der Waals surface area contributed by atoms with Crippen molar-refractivity contribution in [3.05, 3.63) is 89.5 Å². The number of sulfonamides is 1. The lowest BCUT2D eigenvalue weighted by Crippen LogP contribution is -2.23. The Kier molecular flexibility index (Phi) is 7.81. The van der Waals surface area contributed by atoms with Crippen molar-refractivity contribution >= 4 is 27.6 Å². The molecule has 1 amide bonds. The number of amides is 1. The molecule has 2 N–H and O–H groups in total. The number of anilines is 1. The third kappa shape index (κ3) is 6.41. The summed E-state index contributed by atoms with van der Waals surface area (Å²) >= 11 is 0. The van der Waals surface area contributed by atoms with E-state index in [0.29, 0.717) is 17.0 Å². The summed E-state index contributed by atoms with van der Waals surface area (Å²) in [5.74, 6) is -0.680. The Balaban J connectivity index is 1.61. The molecular formula is C24H24N2O6S. The van der Waals surface area contributed by atoms with E-state index >= 15 is 0 Å². The molecule has 0 atom stereocenters. The van der Waals surface area contributed by atoms with Crippen LogP contribution in [0, 0.1) is 6.92 Å². The van der Waals surface area contributed by atoms with E-state index in [1.165, 1.54) is 31.4 Å². The number of carbonyl (C=O) groups excluding carboxylic acids is 2. The summed E-state index contributed by atoms with van der Waals surface area (Å²) in [5, 5.41) is 2.61. The molecule has 9 heteroatoms. The first-order chi connectivity index (χ1) is 15.8. The van der Waals surface area contributed by atoms with E-state index in [9.17, 15) is 18.0 Å². The van der Waals surface area contributed by atoms with Gasteiger partial charge < -0.3 is 14.8 Å². The van der Waals surface area contributed by atoms with Gasteiger partial charge in [0.05, 0.1) is 23.3 Å². The van der Waals surface area contributed by atoms with Crippen LogP contribution in [0.1, 0.15) is 21.5 Å². The Labute approximate surface area is 192 Å². The Morgan fingerprint density at radius 3 is 2.33 bits per heavy atom. The van der Waals surface area contributed by atoms with Gasteiger partial charge in [-0.25, -0.2) is 17.9 Å². The van der Waals surface area contributed by atoms with Crippen molar-refractivity contribution < 1.29 is 27.5 Å². The van der Waals surface area contributed by atoms with Gasteiger partial charge in [-0.05, 0) is 48.4 Å². The Morgan fingerprint density at radius 1 is 0.939 bits per heavy atom. The maximum absolute atomic E-state index is 12.6. The normalized spacial score (nSPS) is 11.0. The monoisotopic (exact) mass is 468 g/mol. The molecule has 0 heterocycles. The molecule has 3 aromatic rings. The zero-order chi connectivity index (χ0) is 23.8. The molecule has 0 saturated carbocycles. The van der Waals surface area contributed by atoms with E-state index in [4.69, 9.17) is 9.47 Å². The van der Waals surface area contributed by atoms with Gasteiger partial charge in [0.1, 0.15) is 5.75 Å². The smallest absolute Gasteiger partial charge is 0.339 e. The van der Waals surface area contributed by atoms with E-state index in [1.807, 2.05) is 30.3 Å². The number of para-hydroxylation sites is 1. The number of benzene rings is 3. The van der Waals surface area contributed by atoms with Gasteiger partial charge >= 0.3 is 5.97 Å². The van der Waals surface area contributed by atoms with Gasteiger partial charge in [-0.3, -0.25) is 4.79 Å². The van der Waals surface area contributed by atoms with Crippen molar-refractivity contribution in [2.24, 2.45) is 0 Å². The second kappa shape index (κ2) is 10.8. The van der Waals surface area contributed by atoms with Gasteiger partial charge in [-0.15, -0.1) is 0 Å². The Hall–Kier alpha value is -3.69. The number of rotatable bonds is 9. The fourth-order valence-corrected chi connectivity index (χ4v) is 4.12. The SMILES string of the molecule is COC(=O)c1ccccc1NC(=O)COc1ccc(S(=O)(=O)NCc2ccccc2)cc1C. The van der Waals surface area contributed by atoms with Crippen molar-refractivity contribution in [2.45, 2.75) is 18.4 Å². The van der Waals surface area contributed by atoms with Crippen molar-refractivity contribution in [1.82, 2.24) is 4.72 Å². The lowest BCUT2D eigenvalue weighted by Gasteiger charge is -2.13. The minimum absolute atomic E-state index is 0.0970. The lowest BCUT2D eigenvalue weighted by atomic mass is 10.2. The van der Waals surface area contributed by atoms with Crippen LogP contribution in [-0.4, -0.2) is 34.0 Å². The molecule has 0 spiro atoms. The van der Waals surface area contributed by atoms with Gasteiger partial charge in [-0.1, -0.05) is 42.5 Å². The maximum atomic E-state index is 12.6. The molecule has 0 aliphatic heterocycles. The molecule has 0 aliphatic carbocycles. The van der Waals surface area contributed by atoms with Crippen molar-refractivity contribution in [3.8, 4) is 5.75 Å². The second-order valence-corrected chi connectivity index (χ2v) is 8.88. The van der Waals surface area contributed by atoms with Gasteiger partial charge in [-0.2, -0.15) is 0 Å². The first-order valence-corrected chi connectivity index (χ1v) is 11.5. The molecule has 3 aromatic carbocycles. The fourth-order valence-electron chi connectivity index (χ4n) is 3.02. The van der Waals surface area contributed by atoms with E-state index in [-0.39, 0.29) is 23.6 Å². The summed E-state index contributed by atoms with van der Waals surface area (Å²) in [4.78, 5) is 24.2. The van der Waals surface area contributed by atoms with Crippen LogP contribution in [0.5, 0.6) is 5.75 Å². The number of nitrogens with one attached hydrogen (secondary N) is 2. The topological polar surface area (TPSA) is 111 Å². The minimum Gasteiger partial charge on any atom is -0.483 e. The molecular weight excluding hydrogens is 444 g/mol. The molecule has 8 nitrogen and oxygen atoms in total. The predicted molar refractivity (Wildman–Crippen MR) is 124 cm³/mol. The molecule has 0 aromatic heterocycles. The van der Waals surface area contributed by atoms with Crippen molar-refractivity contribution in [3.63, 3.8) is 0 Å².